The number of benzene rings is 3. The second-order valence-corrected chi connectivity index (χ2v) is 18.4. The van der Waals surface area contributed by atoms with Crippen molar-refractivity contribution in [2.75, 3.05) is 46.1 Å². The lowest BCUT2D eigenvalue weighted by atomic mass is 9.89. The lowest BCUT2D eigenvalue weighted by molar-refractivity contribution is -0.123. The van der Waals surface area contributed by atoms with Crippen LogP contribution in [-0.2, 0) is 24.8 Å². The summed E-state index contributed by atoms with van der Waals surface area (Å²) in [7, 11) is -7.35. The molecule has 3 aromatic rings. The number of hydrogen-bond acceptors (Lipinski definition) is 7. The summed E-state index contributed by atoms with van der Waals surface area (Å²) in [5.74, 6) is -0.0866. The minimum absolute atomic E-state index is 0.0346. The molecule has 1 amide bonds. The average molecular weight is 728 g/mol. The second kappa shape index (κ2) is 16.2. The van der Waals surface area contributed by atoms with Crippen molar-refractivity contribution in [3.05, 3.63) is 70.8 Å². The van der Waals surface area contributed by atoms with E-state index in [0.717, 1.165) is 39.9 Å². The fraction of sp³-hybridized carbons (Fsp3) is 0.500. The summed E-state index contributed by atoms with van der Waals surface area (Å²) in [5.41, 5.74) is 5.88. The summed E-state index contributed by atoms with van der Waals surface area (Å²) >= 11 is 0. The number of amides is 1. The molecule has 0 bridgehead atoms. The number of rotatable bonds is 15. The lowest BCUT2D eigenvalue weighted by Crippen LogP contribution is -2.34. The van der Waals surface area contributed by atoms with Crippen molar-refractivity contribution in [3.8, 4) is 0 Å². The van der Waals surface area contributed by atoms with Gasteiger partial charge in [0.2, 0.25) is 15.9 Å². The number of hydrogen-bond donors (Lipinski definition) is 4. The van der Waals surface area contributed by atoms with E-state index in [0.29, 0.717) is 31.0 Å². The molecule has 0 saturated heterocycles. The Labute approximate surface area is 300 Å². The van der Waals surface area contributed by atoms with E-state index in [1.54, 1.807) is 39.0 Å². The van der Waals surface area contributed by atoms with Crippen LogP contribution >= 0.6 is 0 Å². The van der Waals surface area contributed by atoms with Crippen molar-refractivity contribution in [2.45, 2.75) is 98.8 Å². The molecule has 3 aromatic carbocycles. The molecule has 0 fully saturated rings. The molecule has 4 N–H and O–H groups in total. The molecule has 50 heavy (non-hydrogen) atoms. The van der Waals surface area contributed by atoms with Crippen LogP contribution in [0.2, 0.25) is 0 Å². The molecule has 12 heteroatoms. The number of anilines is 5. The van der Waals surface area contributed by atoms with Crippen molar-refractivity contribution in [2.24, 2.45) is 5.41 Å². The molecular weight excluding hydrogens is 671 g/mol. The lowest BCUT2D eigenvalue weighted by Gasteiger charge is -2.25. The van der Waals surface area contributed by atoms with Gasteiger partial charge >= 0.3 is 0 Å². The van der Waals surface area contributed by atoms with E-state index in [9.17, 15) is 21.6 Å². The predicted molar refractivity (Wildman–Crippen MR) is 209 cm³/mol. The second-order valence-electron chi connectivity index (χ2n) is 14.9. The third kappa shape index (κ3) is 10.7. The van der Waals surface area contributed by atoms with Gasteiger partial charge in [-0.2, -0.15) is 0 Å². The van der Waals surface area contributed by atoms with Crippen LogP contribution in [0.25, 0.3) is 0 Å². The number of likely N-dealkylation sites (N-methyl/N-ethyl adjacent to an activating group) is 1. The standard InChI is InChI=1S/C38H57N5O5S2/c1-13-43(19-18-39-49(12,45)46)30-15-17-33(27(8)20-30)40-29-14-16-34(35(23-29)41-37(44)38(9,10)11)42-50(47,48)36-31(25(4)5)21-28(24(2)3)22-32(36)26(6)7/h14-17,20-26,39-40,42H,13,18-19H2,1-12H3,(H,41,44). The van der Waals surface area contributed by atoms with Crippen molar-refractivity contribution in [1.29, 1.82) is 0 Å². The Morgan fingerprint density at radius 1 is 0.800 bits per heavy atom. The van der Waals surface area contributed by atoms with Gasteiger partial charge in [0.1, 0.15) is 0 Å². The third-order valence-corrected chi connectivity index (χ3v) is 10.7. The van der Waals surface area contributed by atoms with Crippen LogP contribution in [0, 0.1) is 12.3 Å². The zero-order valence-electron chi connectivity index (χ0n) is 31.8. The van der Waals surface area contributed by atoms with Crippen molar-refractivity contribution < 1.29 is 21.6 Å². The zero-order chi connectivity index (χ0) is 37.8. The largest absolute Gasteiger partial charge is 0.370 e. The topological polar surface area (TPSA) is 137 Å². The predicted octanol–water partition coefficient (Wildman–Crippen LogP) is 8.27. The molecule has 0 aliphatic rings. The normalized spacial score (nSPS) is 12.5. The first kappa shape index (κ1) is 40.8. The van der Waals surface area contributed by atoms with Crippen LogP contribution in [0.5, 0.6) is 0 Å². The smallest absolute Gasteiger partial charge is 0.262 e. The number of carbonyl (C=O) groups is 1. The van der Waals surface area contributed by atoms with Crippen molar-refractivity contribution >= 4 is 54.4 Å². The molecule has 0 saturated carbocycles. The first-order valence-electron chi connectivity index (χ1n) is 17.3. The summed E-state index contributed by atoms with van der Waals surface area (Å²) < 4.78 is 57.1. The Kier molecular flexibility index (Phi) is 13.2. The van der Waals surface area contributed by atoms with Crippen LogP contribution in [0.15, 0.2) is 53.4 Å². The van der Waals surface area contributed by atoms with E-state index in [2.05, 4.69) is 38.8 Å². The van der Waals surface area contributed by atoms with Gasteiger partial charge in [-0.25, -0.2) is 21.6 Å². The van der Waals surface area contributed by atoms with E-state index >= 15 is 0 Å². The van der Waals surface area contributed by atoms with Gasteiger partial charge in [0.15, 0.2) is 0 Å². The van der Waals surface area contributed by atoms with Crippen LogP contribution in [-0.4, -0.2) is 48.6 Å². The molecule has 0 aliphatic heterocycles. The Hall–Kier alpha value is -3.61. The van der Waals surface area contributed by atoms with E-state index in [1.807, 2.05) is 71.9 Å². The summed E-state index contributed by atoms with van der Waals surface area (Å²) in [5, 5.41) is 6.38. The van der Waals surface area contributed by atoms with Gasteiger partial charge in [0.05, 0.1) is 22.5 Å². The maximum Gasteiger partial charge on any atom is 0.262 e. The van der Waals surface area contributed by atoms with Crippen LogP contribution in [0.1, 0.15) is 109 Å². The molecule has 0 spiro atoms. The Balaban J connectivity index is 2.03. The highest BCUT2D eigenvalue weighted by atomic mass is 32.2. The van der Waals surface area contributed by atoms with Crippen LogP contribution < -0.4 is 25.0 Å². The highest BCUT2D eigenvalue weighted by Crippen LogP contribution is 2.38. The van der Waals surface area contributed by atoms with Gasteiger partial charge in [0.25, 0.3) is 10.0 Å². The molecule has 276 valence electrons. The monoisotopic (exact) mass is 727 g/mol. The summed E-state index contributed by atoms with van der Waals surface area (Å²) in [6, 6.07) is 15.1. The zero-order valence-corrected chi connectivity index (χ0v) is 33.4. The fourth-order valence-electron chi connectivity index (χ4n) is 5.50. The van der Waals surface area contributed by atoms with E-state index in [4.69, 9.17) is 0 Å². The van der Waals surface area contributed by atoms with Gasteiger partial charge in [-0.15, -0.1) is 0 Å². The summed E-state index contributed by atoms with van der Waals surface area (Å²) in [4.78, 5) is 15.6. The molecule has 0 aromatic heterocycles. The van der Waals surface area contributed by atoms with Gasteiger partial charge in [0, 0.05) is 42.1 Å². The molecule has 0 atom stereocenters. The van der Waals surface area contributed by atoms with Crippen LogP contribution in [0.4, 0.5) is 28.4 Å². The van der Waals surface area contributed by atoms with Gasteiger partial charge in [-0.3, -0.25) is 9.52 Å². The van der Waals surface area contributed by atoms with Crippen molar-refractivity contribution in [3.63, 3.8) is 0 Å². The van der Waals surface area contributed by atoms with E-state index < -0.39 is 25.5 Å². The number of aryl methyl sites for hydroxylation is 1. The summed E-state index contributed by atoms with van der Waals surface area (Å²) in [6.45, 7) is 23.1. The molecule has 0 aliphatic carbocycles. The summed E-state index contributed by atoms with van der Waals surface area (Å²) in [6.07, 6.45) is 1.14. The third-order valence-electron chi connectivity index (χ3n) is 8.52. The number of carbonyl (C=O) groups excluding carboxylic acids is 1. The number of nitrogens with one attached hydrogen (secondary N) is 4. The fourth-order valence-corrected chi connectivity index (χ4v) is 7.74. The van der Waals surface area contributed by atoms with Crippen molar-refractivity contribution in [1.82, 2.24) is 4.72 Å². The Morgan fingerprint density at radius 3 is 1.86 bits per heavy atom. The first-order valence-corrected chi connectivity index (χ1v) is 20.6. The minimum Gasteiger partial charge on any atom is -0.370 e. The molecule has 0 heterocycles. The number of nitrogens with zero attached hydrogens (tertiary/aromatic N) is 1. The maximum absolute atomic E-state index is 14.3. The van der Waals surface area contributed by atoms with Gasteiger partial charge in [-0.1, -0.05) is 74.4 Å². The maximum atomic E-state index is 14.3. The minimum atomic E-state index is -4.07. The SMILES string of the molecule is CCN(CCNS(C)(=O)=O)c1ccc(Nc2ccc(NS(=O)(=O)c3c(C(C)C)cc(C(C)C)cc3C(C)C)c(NC(=O)C(C)(C)C)c2)c(C)c1. The Morgan fingerprint density at radius 2 is 1.38 bits per heavy atom. The Bertz CT molecular complexity index is 1870. The molecule has 0 radical (unpaired) electrons. The highest BCUT2D eigenvalue weighted by molar-refractivity contribution is 7.92. The molecule has 0 unspecified atom stereocenters. The van der Waals surface area contributed by atoms with Gasteiger partial charge in [-0.05, 0) is 90.3 Å². The average Bonchev–Trinajstić information content (AvgIpc) is 2.99. The van der Waals surface area contributed by atoms with E-state index in [1.165, 1.54) is 0 Å². The number of sulfonamides is 2. The van der Waals surface area contributed by atoms with E-state index in [-0.39, 0.29) is 34.2 Å². The quantitative estimate of drug-likeness (QED) is 0.124. The highest BCUT2D eigenvalue weighted by Gasteiger charge is 2.29. The first-order chi connectivity index (χ1) is 23.0. The van der Waals surface area contributed by atoms with Crippen LogP contribution in [0.3, 0.4) is 0 Å². The molecule has 10 nitrogen and oxygen atoms in total. The molecule has 3 rings (SSSR count). The van der Waals surface area contributed by atoms with Gasteiger partial charge < -0.3 is 15.5 Å². The molecular formula is C38H57N5O5S2.